The molecule has 1 saturated heterocycles. The van der Waals surface area contributed by atoms with E-state index >= 15 is 0 Å². The maximum absolute atomic E-state index is 14.4. The van der Waals surface area contributed by atoms with Crippen molar-refractivity contribution in [1.29, 1.82) is 0 Å². The van der Waals surface area contributed by atoms with Gasteiger partial charge >= 0.3 is 0 Å². The van der Waals surface area contributed by atoms with Gasteiger partial charge in [-0.05, 0) is 24.3 Å². The van der Waals surface area contributed by atoms with Crippen molar-refractivity contribution < 1.29 is 13.2 Å². The maximum Gasteiger partial charge on any atom is 0.132 e. The maximum atomic E-state index is 14.4. The van der Waals surface area contributed by atoms with Crippen LogP contribution in [0.1, 0.15) is 17.4 Å². The molecule has 1 atom stereocenters. The molecule has 1 aromatic heterocycles. The summed E-state index contributed by atoms with van der Waals surface area (Å²) >= 11 is 3.11. The minimum atomic E-state index is -0.568. The van der Waals surface area contributed by atoms with Crippen LogP contribution in [0, 0.1) is 11.6 Å². The normalized spacial score (nSPS) is 17.0. The van der Waals surface area contributed by atoms with Gasteiger partial charge in [0.15, 0.2) is 0 Å². The van der Waals surface area contributed by atoms with Gasteiger partial charge in [0.05, 0.1) is 12.3 Å². The van der Waals surface area contributed by atoms with E-state index in [4.69, 9.17) is 4.42 Å². The molecule has 0 aliphatic carbocycles. The summed E-state index contributed by atoms with van der Waals surface area (Å²) in [6.45, 7) is 2.99. The second-order valence-corrected chi connectivity index (χ2v) is 5.90. The summed E-state index contributed by atoms with van der Waals surface area (Å²) in [5, 5.41) is 3.24. The molecule has 0 spiro atoms. The summed E-state index contributed by atoms with van der Waals surface area (Å²) in [6, 6.07) is 5.52. The van der Waals surface area contributed by atoms with Gasteiger partial charge in [0.25, 0.3) is 0 Å². The number of hydrogen-bond donors (Lipinski definition) is 1. The molecule has 120 valence electrons. The van der Waals surface area contributed by atoms with Crippen LogP contribution < -0.4 is 5.32 Å². The van der Waals surface area contributed by atoms with Crippen molar-refractivity contribution in [3.05, 3.63) is 58.0 Å². The number of piperazine rings is 1. The third-order valence-electron chi connectivity index (χ3n) is 3.65. The predicted octanol–water partition coefficient (Wildman–Crippen LogP) is 3.74. The highest BCUT2D eigenvalue weighted by atomic mass is 79.9. The first-order valence-corrected chi connectivity index (χ1v) is 7.58. The van der Waals surface area contributed by atoms with Crippen molar-refractivity contribution >= 4 is 28.3 Å². The molecule has 1 aliphatic rings. The van der Waals surface area contributed by atoms with Gasteiger partial charge in [-0.15, -0.1) is 12.4 Å². The minimum absolute atomic E-state index is 0. The van der Waals surface area contributed by atoms with Crippen LogP contribution >= 0.6 is 28.3 Å². The Kier molecular flexibility index (Phi) is 5.97. The predicted molar refractivity (Wildman–Crippen MR) is 86.3 cm³/mol. The lowest BCUT2D eigenvalue weighted by Crippen LogP contribution is -2.45. The molecule has 2 aromatic rings. The smallest absolute Gasteiger partial charge is 0.132 e. The van der Waals surface area contributed by atoms with Crippen LogP contribution in [0.25, 0.3) is 0 Å². The van der Waals surface area contributed by atoms with Crippen LogP contribution in [0.3, 0.4) is 0 Å². The Morgan fingerprint density at radius 2 is 1.82 bits per heavy atom. The first-order valence-electron chi connectivity index (χ1n) is 6.79. The van der Waals surface area contributed by atoms with Gasteiger partial charge in [0.1, 0.15) is 17.4 Å². The van der Waals surface area contributed by atoms with Gasteiger partial charge < -0.3 is 9.73 Å². The molecule has 0 bridgehead atoms. The van der Waals surface area contributed by atoms with E-state index in [1.165, 1.54) is 18.4 Å². The van der Waals surface area contributed by atoms with Gasteiger partial charge in [-0.25, -0.2) is 8.78 Å². The van der Waals surface area contributed by atoms with E-state index in [2.05, 4.69) is 21.2 Å². The molecular weight excluding hydrogens is 378 g/mol. The Labute approximate surface area is 142 Å². The van der Waals surface area contributed by atoms with Crippen LogP contribution in [0.2, 0.25) is 0 Å². The summed E-state index contributed by atoms with van der Waals surface area (Å²) in [7, 11) is 0. The Balaban J connectivity index is 0.00000176. The van der Waals surface area contributed by atoms with Gasteiger partial charge in [-0.2, -0.15) is 0 Å². The highest BCUT2D eigenvalue weighted by Crippen LogP contribution is 2.34. The van der Waals surface area contributed by atoms with Crippen molar-refractivity contribution in [3.8, 4) is 0 Å². The van der Waals surface area contributed by atoms with Gasteiger partial charge in [0.2, 0.25) is 0 Å². The van der Waals surface area contributed by atoms with Crippen molar-refractivity contribution in [2.24, 2.45) is 0 Å². The van der Waals surface area contributed by atoms with E-state index in [1.54, 1.807) is 12.1 Å². The molecule has 22 heavy (non-hydrogen) atoms. The van der Waals surface area contributed by atoms with E-state index in [-0.39, 0.29) is 18.0 Å². The molecule has 1 aliphatic heterocycles. The molecule has 1 N–H and O–H groups in total. The van der Waals surface area contributed by atoms with Crippen LogP contribution in [-0.4, -0.2) is 31.1 Å². The number of benzene rings is 1. The molecule has 1 aromatic carbocycles. The van der Waals surface area contributed by atoms with Crippen LogP contribution in [-0.2, 0) is 0 Å². The number of furan rings is 1. The summed E-state index contributed by atoms with van der Waals surface area (Å²) in [5.74, 6) is -0.583. The highest BCUT2D eigenvalue weighted by molar-refractivity contribution is 9.10. The Morgan fingerprint density at radius 3 is 2.36 bits per heavy atom. The molecule has 0 unspecified atom stereocenters. The zero-order valence-electron chi connectivity index (χ0n) is 11.7. The molecule has 0 saturated carbocycles. The number of nitrogens with zero attached hydrogens (tertiary/aromatic N) is 1. The van der Waals surface area contributed by atoms with Crippen LogP contribution in [0.15, 0.2) is 39.4 Å². The number of rotatable bonds is 3. The number of hydrogen-bond acceptors (Lipinski definition) is 3. The topological polar surface area (TPSA) is 28.4 Å². The fourth-order valence-electron chi connectivity index (χ4n) is 2.71. The van der Waals surface area contributed by atoms with Crippen molar-refractivity contribution in [2.45, 2.75) is 6.04 Å². The average molecular weight is 394 g/mol. The van der Waals surface area contributed by atoms with Crippen molar-refractivity contribution in [1.82, 2.24) is 10.2 Å². The van der Waals surface area contributed by atoms with E-state index in [0.717, 1.165) is 13.1 Å². The summed E-state index contributed by atoms with van der Waals surface area (Å²) in [6.07, 6.45) is 1.53. The molecule has 0 radical (unpaired) electrons. The van der Waals surface area contributed by atoms with Crippen molar-refractivity contribution in [3.63, 3.8) is 0 Å². The third-order valence-corrected chi connectivity index (χ3v) is 4.10. The standard InChI is InChI=1S/C15H15BrF2N2O.ClH/c16-10-8-11(17)14(12(18)9-10)15(13-2-1-7-21-13)20-5-3-19-4-6-20;/h1-2,7-9,15,19H,3-6H2;1H/t15-;/m0./s1. The quantitative estimate of drug-likeness (QED) is 0.861. The third kappa shape index (κ3) is 3.51. The SMILES string of the molecule is Cl.Fc1cc(Br)cc(F)c1[C@H](c1ccco1)N1CCNCC1. The Hall–Kier alpha value is -0.950. The van der Waals surface area contributed by atoms with E-state index in [9.17, 15) is 8.78 Å². The fraction of sp³-hybridized carbons (Fsp3) is 0.333. The number of nitrogens with one attached hydrogen (secondary N) is 1. The molecule has 1 fully saturated rings. The van der Waals surface area contributed by atoms with Gasteiger partial charge in [-0.1, -0.05) is 15.9 Å². The Morgan fingerprint density at radius 1 is 1.18 bits per heavy atom. The van der Waals surface area contributed by atoms with Gasteiger partial charge in [-0.3, -0.25) is 4.90 Å². The lowest BCUT2D eigenvalue weighted by atomic mass is 10.0. The second kappa shape index (κ2) is 7.55. The van der Waals surface area contributed by atoms with Gasteiger partial charge in [0, 0.05) is 36.2 Å². The zero-order chi connectivity index (χ0) is 14.8. The summed E-state index contributed by atoms with van der Waals surface area (Å²) in [5.41, 5.74) is 0.0371. The molecule has 2 heterocycles. The van der Waals surface area contributed by atoms with Crippen LogP contribution in [0.5, 0.6) is 0 Å². The summed E-state index contributed by atoms with van der Waals surface area (Å²) in [4.78, 5) is 2.03. The summed E-state index contributed by atoms with van der Waals surface area (Å²) < 4.78 is 34.5. The zero-order valence-corrected chi connectivity index (χ0v) is 14.1. The Bertz CT molecular complexity index is 595. The highest BCUT2D eigenvalue weighted by Gasteiger charge is 2.31. The van der Waals surface area contributed by atoms with Crippen molar-refractivity contribution in [2.75, 3.05) is 26.2 Å². The monoisotopic (exact) mass is 392 g/mol. The lowest BCUT2D eigenvalue weighted by molar-refractivity contribution is 0.173. The average Bonchev–Trinajstić information content (AvgIpc) is 2.97. The van der Waals surface area contributed by atoms with Crippen LogP contribution in [0.4, 0.5) is 8.78 Å². The molecule has 0 amide bonds. The molecule has 7 heteroatoms. The van der Waals surface area contributed by atoms with E-state index < -0.39 is 17.7 Å². The first-order chi connectivity index (χ1) is 10.2. The van der Waals surface area contributed by atoms with E-state index in [0.29, 0.717) is 23.3 Å². The molecule has 3 nitrogen and oxygen atoms in total. The molecule has 3 rings (SSSR count). The number of halogens is 4. The molecular formula is C15H16BrClF2N2O. The van der Waals surface area contributed by atoms with E-state index in [1.807, 2.05) is 4.90 Å². The second-order valence-electron chi connectivity index (χ2n) is 4.99. The lowest BCUT2D eigenvalue weighted by Gasteiger charge is -2.34. The fourth-order valence-corrected chi connectivity index (χ4v) is 3.11. The largest absolute Gasteiger partial charge is 0.467 e. The first kappa shape index (κ1) is 17.4. The minimum Gasteiger partial charge on any atom is -0.467 e.